The zero-order chi connectivity index (χ0) is 21.8. The minimum atomic E-state index is -0.724. The third kappa shape index (κ3) is 3.05. The SMILES string of the molecule is CC(C)(C)NC(=O)C1c2ccccc2-c2c(-c3ccccc3)c3cnccc3c(=O)n21. The summed E-state index contributed by atoms with van der Waals surface area (Å²) in [4.78, 5) is 31.4. The summed E-state index contributed by atoms with van der Waals surface area (Å²) in [5.41, 5.74) is 3.80. The molecule has 0 aliphatic carbocycles. The number of amides is 1. The summed E-state index contributed by atoms with van der Waals surface area (Å²) in [5.74, 6) is -0.187. The predicted molar refractivity (Wildman–Crippen MR) is 123 cm³/mol. The van der Waals surface area contributed by atoms with Gasteiger partial charge in [0.25, 0.3) is 5.56 Å². The van der Waals surface area contributed by atoms with Gasteiger partial charge in [0.1, 0.15) is 6.04 Å². The molecule has 1 atom stereocenters. The second kappa shape index (κ2) is 6.91. The molecule has 5 nitrogen and oxygen atoms in total. The van der Waals surface area contributed by atoms with Crippen LogP contribution in [0.4, 0.5) is 0 Å². The lowest BCUT2D eigenvalue weighted by Crippen LogP contribution is -2.45. The smallest absolute Gasteiger partial charge is 0.260 e. The Morgan fingerprint density at radius 1 is 0.968 bits per heavy atom. The third-order valence-electron chi connectivity index (χ3n) is 5.60. The molecule has 0 spiro atoms. The second-order valence-corrected chi connectivity index (χ2v) is 8.92. The first kappa shape index (κ1) is 19.2. The van der Waals surface area contributed by atoms with Crippen molar-refractivity contribution < 1.29 is 4.79 Å². The van der Waals surface area contributed by atoms with Gasteiger partial charge in [-0.3, -0.25) is 19.1 Å². The number of pyridine rings is 2. The zero-order valence-corrected chi connectivity index (χ0v) is 17.7. The van der Waals surface area contributed by atoms with Crippen LogP contribution < -0.4 is 10.9 Å². The topological polar surface area (TPSA) is 64.0 Å². The molecule has 5 heteroatoms. The van der Waals surface area contributed by atoms with Gasteiger partial charge in [0.2, 0.25) is 5.91 Å². The van der Waals surface area contributed by atoms with Crippen LogP contribution in [0.1, 0.15) is 32.4 Å². The average molecular weight is 409 g/mol. The highest BCUT2D eigenvalue weighted by atomic mass is 16.2. The minimum absolute atomic E-state index is 0.183. The molecule has 1 unspecified atom stereocenters. The van der Waals surface area contributed by atoms with E-state index >= 15 is 0 Å². The summed E-state index contributed by atoms with van der Waals surface area (Å²) in [6.45, 7) is 5.82. The van der Waals surface area contributed by atoms with Crippen LogP contribution in [0, 0.1) is 0 Å². The van der Waals surface area contributed by atoms with Crippen molar-refractivity contribution in [3.05, 3.63) is 89.0 Å². The number of hydrogen-bond donors (Lipinski definition) is 1. The minimum Gasteiger partial charge on any atom is -0.349 e. The van der Waals surface area contributed by atoms with Crippen molar-refractivity contribution >= 4 is 16.7 Å². The normalized spacial score (nSPS) is 14.9. The van der Waals surface area contributed by atoms with E-state index in [1.807, 2.05) is 75.4 Å². The summed E-state index contributed by atoms with van der Waals surface area (Å²) in [6.07, 6.45) is 3.36. The molecule has 0 saturated heterocycles. The van der Waals surface area contributed by atoms with Crippen LogP contribution >= 0.6 is 0 Å². The standard InChI is InChI=1S/C26H23N3O2/c1-26(2,3)28-24(30)23-18-12-8-7-11-17(18)22-21(16-9-5-4-6-10-16)20-15-27-14-13-19(20)25(31)29(22)23/h4-15,23H,1-3H3,(H,28,30). The number of aromatic nitrogens is 2. The van der Waals surface area contributed by atoms with Crippen molar-refractivity contribution in [2.45, 2.75) is 32.4 Å². The first-order valence-corrected chi connectivity index (χ1v) is 10.4. The van der Waals surface area contributed by atoms with Gasteiger partial charge in [-0.25, -0.2) is 0 Å². The van der Waals surface area contributed by atoms with E-state index in [4.69, 9.17) is 0 Å². The fraction of sp³-hybridized carbons (Fsp3) is 0.192. The summed E-state index contributed by atoms with van der Waals surface area (Å²) in [6, 6.07) is 18.8. The van der Waals surface area contributed by atoms with Crippen LogP contribution in [0.3, 0.4) is 0 Å². The van der Waals surface area contributed by atoms with Crippen LogP contribution in [-0.2, 0) is 4.79 Å². The number of carbonyl (C=O) groups is 1. The van der Waals surface area contributed by atoms with E-state index < -0.39 is 11.6 Å². The van der Waals surface area contributed by atoms with Crippen LogP contribution in [0.25, 0.3) is 33.2 Å². The molecule has 0 fully saturated rings. The van der Waals surface area contributed by atoms with E-state index in [9.17, 15) is 9.59 Å². The molecule has 1 aliphatic rings. The Balaban J connectivity index is 1.92. The molecule has 1 amide bonds. The van der Waals surface area contributed by atoms with Crippen molar-refractivity contribution in [2.24, 2.45) is 0 Å². The predicted octanol–water partition coefficient (Wildman–Crippen LogP) is 4.55. The average Bonchev–Trinajstić information content (AvgIpc) is 3.09. The van der Waals surface area contributed by atoms with E-state index in [1.165, 1.54) is 0 Å². The molecule has 154 valence electrons. The number of nitrogens with one attached hydrogen (secondary N) is 1. The van der Waals surface area contributed by atoms with Crippen molar-refractivity contribution in [3.8, 4) is 22.4 Å². The van der Waals surface area contributed by atoms with Crippen molar-refractivity contribution in [1.29, 1.82) is 0 Å². The molecule has 1 N–H and O–H groups in total. The Kier molecular flexibility index (Phi) is 4.29. The molecule has 31 heavy (non-hydrogen) atoms. The van der Waals surface area contributed by atoms with Gasteiger partial charge in [0, 0.05) is 34.4 Å². The van der Waals surface area contributed by atoms with Gasteiger partial charge >= 0.3 is 0 Å². The highest BCUT2D eigenvalue weighted by Crippen LogP contribution is 2.45. The molecule has 1 aliphatic heterocycles. The number of carbonyl (C=O) groups excluding carboxylic acids is 1. The Morgan fingerprint density at radius 3 is 2.42 bits per heavy atom. The maximum atomic E-state index is 13.7. The Morgan fingerprint density at radius 2 is 1.68 bits per heavy atom. The van der Waals surface area contributed by atoms with Gasteiger partial charge < -0.3 is 5.32 Å². The molecule has 2 aromatic heterocycles. The highest BCUT2D eigenvalue weighted by molar-refractivity contribution is 6.05. The lowest BCUT2D eigenvalue weighted by atomic mass is 9.94. The Hall–Kier alpha value is -3.73. The molecule has 5 rings (SSSR count). The lowest BCUT2D eigenvalue weighted by molar-refractivity contribution is -0.124. The van der Waals surface area contributed by atoms with Gasteiger partial charge in [-0.2, -0.15) is 0 Å². The van der Waals surface area contributed by atoms with Crippen molar-refractivity contribution in [1.82, 2.24) is 14.9 Å². The van der Waals surface area contributed by atoms with Crippen molar-refractivity contribution in [3.63, 3.8) is 0 Å². The number of fused-ring (bicyclic) bond motifs is 4. The quantitative estimate of drug-likeness (QED) is 0.528. The van der Waals surface area contributed by atoms with E-state index in [1.54, 1.807) is 23.0 Å². The summed E-state index contributed by atoms with van der Waals surface area (Å²) < 4.78 is 1.66. The Labute approximate surface area is 180 Å². The van der Waals surface area contributed by atoms with Crippen LogP contribution in [0.2, 0.25) is 0 Å². The number of nitrogens with zero attached hydrogens (tertiary/aromatic N) is 2. The first-order valence-electron chi connectivity index (χ1n) is 10.4. The zero-order valence-electron chi connectivity index (χ0n) is 17.7. The van der Waals surface area contributed by atoms with Crippen LogP contribution in [-0.4, -0.2) is 21.0 Å². The highest BCUT2D eigenvalue weighted by Gasteiger charge is 2.38. The van der Waals surface area contributed by atoms with Gasteiger partial charge in [-0.1, -0.05) is 54.6 Å². The van der Waals surface area contributed by atoms with Crippen LogP contribution in [0.5, 0.6) is 0 Å². The summed E-state index contributed by atoms with van der Waals surface area (Å²) in [5, 5.41) is 4.41. The van der Waals surface area contributed by atoms with Gasteiger partial charge in [-0.05, 0) is 38.0 Å². The van der Waals surface area contributed by atoms with Crippen molar-refractivity contribution in [2.75, 3.05) is 0 Å². The van der Waals surface area contributed by atoms with E-state index in [2.05, 4.69) is 10.3 Å². The Bertz CT molecular complexity index is 1380. The maximum Gasteiger partial charge on any atom is 0.260 e. The maximum absolute atomic E-state index is 13.7. The fourth-order valence-electron chi connectivity index (χ4n) is 4.45. The molecule has 0 radical (unpaired) electrons. The number of hydrogen-bond acceptors (Lipinski definition) is 3. The van der Waals surface area contributed by atoms with Gasteiger partial charge in [-0.15, -0.1) is 0 Å². The fourth-order valence-corrected chi connectivity index (χ4v) is 4.45. The first-order chi connectivity index (χ1) is 14.9. The number of rotatable bonds is 2. The molecule has 0 saturated carbocycles. The molecule has 4 aromatic rings. The second-order valence-electron chi connectivity index (χ2n) is 8.92. The molecule has 2 aromatic carbocycles. The molecular weight excluding hydrogens is 386 g/mol. The summed E-state index contributed by atoms with van der Waals surface area (Å²) >= 11 is 0. The number of benzene rings is 2. The van der Waals surface area contributed by atoms with Gasteiger partial charge in [0.05, 0.1) is 11.1 Å². The molecular formula is C26H23N3O2. The lowest BCUT2D eigenvalue weighted by Gasteiger charge is -2.25. The van der Waals surface area contributed by atoms with Gasteiger partial charge in [0.15, 0.2) is 0 Å². The van der Waals surface area contributed by atoms with E-state index in [0.29, 0.717) is 5.39 Å². The van der Waals surface area contributed by atoms with Crippen LogP contribution in [0.15, 0.2) is 77.9 Å². The summed E-state index contributed by atoms with van der Waals surface area (Å²) in [7, 11) is 0. The van der Waals surface area contributed by atoms with E-state index in [0.717, 1.165) is 33.3 Å². The largest absolute Gasteiger partial charge is 0.349 e. The van der Waals surface area contributed by atoms with E-state index in [-0.39, 0.29) is 11.5 Å². The monoisotopic (exact) mass is 409 g/mol. The molecule has 3 heterocycles. The third-order valence-corrected chi connectivity index (χ3v) is 5.60. The molecule has 0 bridgehead atoms.